The molecule has 2 aromatic heterocycles. The van der Waals surface area contributed by atoms with E-state index in [9.17, 15) is 4.79 Å². The smallest absolute Gasteiger partial charge is 0.275 e. The van der Waals surface area contributed by atoms with E-state index in [1.165, 1.54) is 12.4 Å². The van der Waals surface area contributed by atoms with Crippen LogP contribution in [0.4, 0.5) is 11.5 Å². The van der Waals surface area contributed by atoms with E-state index in [0.717, 1.165) is 11.3 Å². The van der Waals surface area contributed by atoms with E-state index < -0.39 is 0 Å². The summed E-state index contributed by atoms with van der Waals surface area (Å²) in [6, 6.07) is 8.93. The summed E-state index contributed by atoms with van der Waals surface area (Å²) in [5.41, 5.74) is 1.79. The molecule has 122 valence electrons. The van der Waals surface area contributed by atoms with Crippen molar-refractivity contribution in [1.29, 1.82) is 0 Å². The lowest BCUT2D eigenvalue weighted by Crippen LogP contribution is -2.15. The molecule has 6 nitrogen and oxygen atoms in total. The van der Waals surface area contributed by atoms with Gasteiger partial charge in [-0.25, -0.2) is 9.97 Å². The SMILES string of the molecule is Cc1cc(Cl)ccc1NC(=O)c1cnc(NCc2ccco2)cn1. The highest BCUT2D eigenvalue weighted by Crippen LogP contribution is 2.20. The second kappa shape index (κ2) is 7.14. The summed E-state index contributed by atoms with van der Waals surface area (Å²) in [7, 11) is 0. The normalized spacial score (nSPS) is 10.4. The number of anilines is 2. The lowest BCUT2D eigenvalue weighted by atomic mass is 10.2. The Kier molecular flexibility index (Phi) is 4.77. The van der Waals surface area contributed by atoms with Gasteiger partial charge in [0.1, 0.15) is 17.3 Å². The molecule has 0 aliphatic carbocycles. The molecular weight excluding hydrogens is 328 g/mol. The Labute approximate surface area is 143 Å². The molecule has 0 aliphatic heterocycles. The lowest BCUT2D eigenvalue weighted by Gasteiger charge is -2.08. The van der Waals surface area contributed by atoms with Gasteiger partial charge < -0.3 is 15.1 Å². The lowest BCUT2D eigenvalue weighted by molar-refractivity contribution is 0.102. The Hall–Kier alpha value is -2.86. The van der Waals surface area contributed by atoms with E-state index in [0.29, 0.717) is 23.1 Å². The second-order valence-electron chi connectivity index (χ2n) is 5.13. The number of nitrogens with zero attached hydrogens (tertiary/aromatic N) is 2. The number of carbonyl (C=O) groups is 1. The number of rotatable bonds is 5. The number of hydrogen-bond acceptors (Lipinski definition) is 5. The van der Waals surface area contributed by atoms with Crippen LogP contribution in [0.1, 0.15) is 21.8 Å². The van der Waals surface area contributed by atoms with Gasteiger partial charge in [0.2, 0.25) is 0 Å². The minimum Gasteiger partial charge on any atom is -0.467 e. The van der Waals surface area contributed by atoms with Gasteiger partial charge in [0.25, 0.3) is 5.91 Å². The molecule has 2 heterocycles. The number of nitrogens with one attached hydrogen (secondary N) is 2. The number of aromatic nitrogens is 2. The van der Waals surface area contributed by atoms with Crippen LogP contribution in [-0.4, -0.2) is 15.9 Å². The average Bonchev–Trinajstić information content (AvgIpc) is 3.09. The van der Waals surface area contributed by atoms with Crippen molar-refractivity contribution in [3.8, 4) is 0 Å². The molecule has 1 amide bonds. The molecule has 0 unspecified atom stereocenters. The van der Waals surface area contributed by atoms with Crippen LogP contribution in [0.15, 0.2) is 53.4 Å². The fourth-order valence-electron chi connectivity index (χ4n) is 2.08. The second-order valence-corrected chi connectivity index (χ2v) is 5.57. The third-order valence-corrected chi connectivity index (χ3v) is 3.58. The van der Waals surface area contributed by atoms with Crippen molar-refractivity contribution in [3.63, 3.8) is 0 Å². The third kappa shape index (κ3) is 3.91. The summed E-state index contributed by atoms with van der Waals surface area (Å²) in [6.45, 7) is 2.37. The number of aryl methyl sites for hydroxylation is 1. The predicted molar refractivity (Wildman–Crippen MR) is 92.2 cm³/mol. The maximum absolute atomic E-state index is 12.2. The molecule has 7 heteroatoms. The van der Waals surface area contributed by atoms with Crippen LogP contribution in [-0.2, 0) is 6.54 Å². The van der Waals surface area contributed by atoms with Crippen LogP contribution in [0.25, 0.3) is 0 Å². The van der Waals surface area contributed by atoms with Crippen LogP contribution >= 0.6 is 11.6 Å². The highest BCUT2D eigenvalue weighted by atomic mass is 35.5. The highest BCUT2D eigenvalue weighted by Gasteiger charge is 2.10. The molecule has 0 radical (unpaired) electrons. The fraction of sp³-hybridized carbons (Fsp3) is 0.118. The Balaban J connectivity index is 1.63. The number of hydrogen-bond donors (Lipinski definition) is 2. The Morgan fingerprint density at radius 3 is 2.79 bits per heavy atom. The molecule has 0 fully saturated rings. The van der Waals surface area contributed by atoms with E-state index in [-0.39, 0.29) is 11.6 Å². The topological polar surface area (TPSA) is 80.0 Å². The summed E-state index contributed by atoms with van der Waals surface area (Å²) in [4.78, 5) is 20.5. The van der Waals surface area contributed by atoms with Crippen LogP contribution in [0, 0.1) is 6.92 Å². The van der Waals surface area contributed by atoms with Crippen molar-refractivity contribution in [2.45, 2.75) is 13.5 Å². The largest absolute Gasteiger partial charge is 0.467 e. The molecule has 1 aromatic carbocycles. The molecule has 24 heavy (non-hydrogen) atoms. The zero-order valence-corrected chi connectivity index (χ0v) is 13.7. The van der Waals surface area contributed by atoms with Crippen LogP contribution in [0.5, 0.6) is 0 Å². The van der Waals surface area contributed by atoms with Gasteiger partial charge >= 0.3 is 0 Å². The summed E-state index contributed by atoms with van der Waals surface area (Å²) in [5, 5.41) is 6.48. The molecule has 0 bridgehead atoms. The number of amides is 1. The van der Waals surface area contributed by atoms with Crippen LogP contribution < -0.4 is 10.6 Å². The van der Waals surface area contributed by atoms with E-state index >= 15 is 0 Å². The van der Waals surface area contributed by atoms with Crippen molar-refractivity contribution in [3.05, 3.63) is 71.0 Å². The number of furan rings is 1. The van der Waals surface area contributed by atoms with Gasteiger partial charge in [0.05, 0.1) is 25.2 Å². The molecule has 0 aliphatic rings. The van der Waals surface area contributed by atoms with E-state index in [4.69, 9.17) is 16.0 Å². The molecular formula is C17H15ClN4O2. The van der Waals surface area contributed by atoms with E-state index in [1.807, 2.05) is 19.1 Å². The minimum absolute atomic E-state index is 0.230. The first-order valence-corrected chi connectivity index (χ1v) is 7.65. The first kappa shape index (κ1) is 16.0. The molecule has 3 rings (SSSR count). The number of carbonyl (C=O) groups excluding carboxylic acids is 1. The monoisotopic (exact) mass is 342 g/mol. The highest BCUT2D eigenvalue weighted by molar-refractivity contribution is 6.30. The molecule has 0 atom stereocenters. The van der Waals surface area contributed by atoms with E-state index in [2.05, 4.69) is 20.6 Å². The Bertz CT molecular complexity index is 832. The average molecular weight is 343 g/mol. The standard InChI is InChI=1S/C17H15ClN4O2/c1-11-7-12(18)4-5-14(11)22-17(23)15-9-21-16(10-19-15)20-8-13-3-2-6-24-13/h2-7,9-10H,8H2,1H3,(H,20,21)(H,22,23). The predicted octanol–water partition coefficient (Wildman–Crippen LogP) is 3.90. The van der Waals surface area contributed by atoms with Gasteiger partial charge in [-0.05, 0) is 42.8 Å². The van der Waals surface area contributed by atoms with Crippen molar-refractivity contribution >= 4 is 29.0 Å². The quantitative estimate of drug-likeness (QED) is 0.735. The summed E-state index contributed by atoms with van der Waals surface area (Å²) in [5.74, 6) is 1.02. The van der Waals surface area contributed by atoms with Gasteiger partial charge in [-0.2, -0.15) is 0 Å². The fourth-order valence-corrected chi connectivity index (χ4v) is 2.31. The summed E-state index contributed by atoms with van der Waals surface area (Å²) >= 11 is 5.91. The van der Waals surface area contributed by atoms with Gasteiger partial charge in [-0.1, -0.05) is 11.6 Å². The summed E-state index contributed by atoms with van der Waals surface area (Å²) < 4.78 is 5.22. The Morgan fingerprint density at radius 1 is 1.25 bits per heavy atom. The summed E-state index contributed by atoms with van der Waals surface area (Å²) in [6.07, 6.45) is 4.53. The van der Waals surface area contributed by atoms with Crippen molar-refractivity contribution in [2.75, 3.05) is 10.6 Å². The van der Waals surface area contributed by atoms with Gasteiger partial charge in [-0.3, -0.25) is 4.79 Å². The van der Waals surface area contributed by atoms with Crippen LogP contribution in [0.2, 0.25) is 5.02 Å². The Morgan fingerprint density at radius 2 is 2.12 bits per heavy atom. The molecule has 2 N–H and O–H groups in total. The van der Waals surface area contributed by atoms with Crippen molar-refractivity contribution in [2.24, 2.45) is 0 Å². The molecule has 0 spiro atoms. The zero-order chi connectivity index (χ0) is 16.9. The molecule has 3 aromatic rings. The van der Waals surface area contributed by atoms with Crippen molar-refractivity contribution < 1.29 is 9.21 Å². The van der Waals surface area contributed by atoms with Crippen LogP contribution in [0.3, 0.4) is 0 Å². The van der Waals surface area contributed by atoms with E-state index in [1.54, 1.807) is 24.5 Å². The van der Waals surface area contributed by atoms with Gasteiger partial charge in [-0.15, -0.1) is 0 Å². The number of halogens is 1. The minimum atomic E-state index is -0.328. The molecule has 0 saturated heterocycles. The molecule has 0 saturated carbocycles. The zero-order valence-electron chi connectivity index (χ0n) is 12.9. The first-order chi connectivity index (χ1) is 11.6. The van der Waals surface area contributed by atoms with Gasteiger partial charge in [0, 0.05) is 10.7 Å². The third-order valence-electron chi connectivity index (χ3n) is 3.34. The maximum atomic E-state index is 12.2. The van der Waals surface area contributed by atoms with Crippen molar-refractivity contribution in [1.82, 2.24) is 9.97 Å². The first-order valence-electron chi connectivity index (χ1n) is 7.27. The maximum Gasteiger partial charge on any atom is 0.275 e. The number of benzene rings is 1. The van der Waals surface area contributed by atoms with Gasteiger partial charge in [0.15, 0.2) is 0 Å².